The van der Waals surface area contributed by atoms with Crippen LogP contribution in [0, 0.1) is 5.92 Å². The molecule has 1 aliphatic rings. The lowest BCUT2D eigenvalue weighted by Crippen LogP contribution is -2.37. The van der Waals surface area contributed by atoms with E-state index >= 15 is 0 Å². The summed E-state index contributed by atoms with van der Waals surface area (Å²) in [5, 5.41) is 0.661. The molecule has 0 aromatic carbocycles. The normalized spacial score (nSPS) is 15.7. The van der Waals surface area contributed by atoms with Crippen molar-refractivity contribution < 1.29 is 0 Å². The summed E-state index contributed by atoms with van der Waals surface area (Å²) in [6.45, 7) is 4.35. The van der Waals surface area contributed by atoms with Gasteiger partial charge >= 0.3 is 0 Å². The Morgan fingerprint density at radius 2 is 2.00 bits per heavy atom. The van der Waals surface area contributed by atoms with Crippen LogP contribution in [-0.2, 0) is 6.54 Å². The quantitative estimate of drug-likeness (QED) is 0.895. The van der Waals surface area contributed by atoms with Gasteiger partial charge in [-0.2, -0.15) is 0 Å². The van der Waals surface area contributed by atoms with Crippen LogP contribution in [0.4, 0.5) is 10.8 Å². The summed E-state index contributed by atoms with van der Waals surface area (Å²) < 4.78 is 0. The van der Waals surface area contributed by atoms with Crippen LogP contribution >= 0.6 is 23.7 Å². The van der Waals surface area contributed by atoms with Crippen molar-refractivity contribution in [3.05, 3.63) is 35.6 Å². The van der Waals surface area contributed by atoms with Crippen molar-refractivity contribution in [2.75, 3.05) is 37.3 Å². The van der Waals surface area contributed by atoms with Crippen molar-refractivity contribution in [3.8, 4) is 0 Å². The highest BCUT2D eigenvalue weighted by Crippen LogP contribution is 2.24. The van der Waals surface area contributed by atoms with Crippen molar-refractivity contribution in [1.82, 2.24) is 14.9 Å². The van der Waals surface area contributed by atoms with Gasteiger partial charge in [-0.05, 0) is 37.9 Å². The molecule has 2 aromatic heterocycles. The number of hydrogen-bond acceptors (Lipinski definition) is 6. The zero-order valence-electron chi connectivity index (χ0n) is 13.4. The van der Waals surface area contributed by atoms with Crippen LogP contribution in [0.15, 0.2) is 30.7 Å². The molecule has 7 heteroatoms. The van der Waals surface area contributed by atoms with Crippen LogP contribution in [0.5, 0.6) is 0 Å². The lowest BCUT2D eigenvalue weighted by Gasteiger charge is -2.35. The van der Waals surface area contributed by atoms with Gasteiger partial charge in [0.05, 0.1) is 0 Å². The SMILES string of the molecule is CN(Cc1cnc(N)s1)CC1CCN(c2ccncc2)CC1.Cl. The Morgan fingerprint density at radius 1 is 1.30 bits per heavy atom. The maximum absolute atomic E-state index is 5.69. The number of rotatable bonds is 5. The summed E-state index contributed by atoms with van der Waals surface area (Å²) in [7, 11) is 2.19. The van der Waals surface area contributed by atoms with Gasteiger partial charge in [-0.15, -0.1) is 23.7 Å². The smallest absolute Gasteiger partial charge is 0.180 e. The molecule has 126 valence electrons. The summed E-state index contributed by atoms with van der Waals surface area (Å²) in [6.07, 6.45) is 8.13. The van der Waals surface area contributed by atoms with Crippen LogP contribution in [-0.4, -0.2) is 41.5 Å². The van der Waals surface area contributed by atoms with Crippen molar-refractivity contribution in [3.63, 3.8) is 0 Å². The van der Waals surface area contributed by atoms with Crippen molar-refractivity contribution in [2.45, 2.75) is 19.4 Å². The van der Waals surface area contributed by atoms with Gasteiger partial charge in [0.25, 0.3) is 0 Å². The number of nitrogens with two attached hydrogens (primary N) is 1. The van der Waals surface area contributed by atoms with Crippen molar-refractivity contribution >= 4 is 34.6 Å². The second kappa shape index (κ2) is 8.47. The minimum Gasteiger partial charge on any atom is -0.375 e. The Bertz CT molecular complexity index is 583. The monoisotopic (exact) mass is 353 g/mol. The minimum atomic E-state index is 0. The number of halogens is 1. The maximum Gasteiger partial charge on any atom is 0.180 e. The molecule has 3 heterocycles. The maximum atomic E-state index is 5.69. The van der Waals surface area contributed by atoms with Crippen LogP contribution in [0.3, 0.4) is 0 Å². The van der Waals surface area contributed by atoms with Gasteiger partial charge in [-0.3, -0.25) is 4.98 Å². The van der Waals surface area contributed by atoms with Gasteiger partial charge in [0.15, 0.2) is 5.13 Å². The van der Waals surface area contributed by atoms with E-state index in [1.54, 1.807) is 11.3 Å². The highest BCUT2D eigenvalue weighted by molar-refractivity contribution is 7.15. The number of aromatic nitrogens is 2. The number of nitrogen functional groups attached to an aromatic ring is 1. The molecule has 0 atom stereocenters. The van der Waals surface area contributed by atoms with E-state index in [2.05, 4.69) is 38.9 Å². The van der Waals surface area contributed by atoms with E-state index in [0.29, 0.717) is 5.13 Å². The zero-order valence-corrected chi connectivity index (χ0v) is 15.0. The minimum absolute atomic E-state index is 0. The fourth-order valence-electron chi connectivity index (χ4n) is 3.10. The molecule has 0 spiro atoms. The van der Waals surface area contributed by atoms with Crippen LogP contribution in [0.2, 0.25) is 0 Å². The first kappa shape index (κ1) is 18.0. The molecule has 2 N–H and O–H groups in total. The van der Waals surface area contributed by atoms with E-state index in [9.17, 15) is 0 Å². The molecule has 0 unspecified atom stereocenters. The molecule has 0 radical (unpaired) electrons. The van der Waals surface area contributed by atoms with Gasteiger partial charge in [0.2, 0.25) is 0 Å². The Balaban J connectivity index is 0.00000192. The Morgan fingerprint density at radius 3 is 2.61 bits per heavy atom. The topological polar surface area (TPSA) is 58.3 Å². The number of piperidine rings is 1. The molecule has 1 aliphatic heterocycles. The number of thiazole rings is 1. The highest BCUT2D eigenvalue weighted by Gasteiger charge is 2.20. The molecular formula is C16H24ClN5S. The van der Waals surface area contributed by atoms with Crippen LogP contribution in [0.25, 0.3) is 0 Å². The van der Waals surface area contributed by atoms with Gasteiger partial charge in [-0.1, -0.05) is 0 Å². The summed E-state index contributed by atoms with van der Waals surface area (Å²) in [6, 6.07) is 4.20. The van der Waals surface area contributed by atoms with Gasteiger partial charge in [0.1, 0.15) is 0 Å². The Labute approximate surface area is 147 Å². The Kier molecular flexibility index (Phi) is 6.62. The molecule has 2 aromatic rings. The first-order chi connectivity index (χ1) is 10.7. The molecular weight excluding hydrogens is 330 g/mol. The zero-order chi connectivity index (χ0) is 15.4. The third kappa shape index (κ3) is 5.06. The van der Waals surface area contributed by atoms with E-state index < -0.39 is 0 Å². The predicted molar refractivity (Wildman–Crippen MR) is 99.3 cm³/mol. The highest BCUT2D eigenvalue weighted by atomic mass is 35.5. The van der Waals surface area contributed by atoms with Gasteiger partial charge in [-0.25, -0.2) is 4.98 Å². The lowest BCUT2D eigenvalue weighted by molar-refractivity contribution is 0.244. The van der Waals surface area contributed by atoms with Crippen molar-refractivity contribution in [1.29, 1.82) is 0 Å². The molecule has 5 nitrogen and oxygen atoms in total. The third-order valence-electron chi connectivity index (χ3n) is 4.21. The van der Waals surface area contributed by atoms with E-state index in [0.717, 1.165) is 32.1 Å². The van der Waals surface area contributed by atoms with Crippen molar-refractivity contribution in [2.24, 2.45) is 5.92 Å². The third-order valence-corrected chi connectivity index (χ3v) is 5.02. The summed E-state index contributed by atoms with van der Waals surface area (Å²) >= 11 is 1.59. The summed E-state index contributed by atoms with van der Waals surface area (Å²) in [4.78, 5) is 14.3. The molecule has 0 saturated carbocycles. The second-order valence-electron chi connectivity index (χ2n) is 6.00. The number of nitrogens with zero attached hydrogens (tertiary/aromatic N) is 4. The van der Waals surface area contributed by atoms with E-state index in [4.69, 9.17) is 5.73 Å². The molecule has 1 saturated heterocycles. The molecule has 3 rings (SSSR count). The van der Waals surface area contributed by atoms with Crippen LogP contribution in [0.1, 0.15) is 17.7 Å². The standard InChI is InChI=1S/C16H23N5S.ClH/c1-20(12-15-10-19-16(17)22-15)11-13-4-8-21(9-5-13)14-2-6-18-7-3-14;/h2-3,6-7,10,13H,4-5,8-9,11-12H2,1H3,(H2,17,19);1H. The Hall–Kier alpha value is -1.37. The van der Waals surface area contributed by atoms with Crippen LogP contribution < -0.4 is 10.6 Å². The largest absolute Gasteiger partial charge is 0.375 e. The molecule has 0 amide bonds. The predicted octanol–water partition coefficient (Wildman–Crippen LogP) is 2.89. The molecule has 0 aliphatic carbocycles. The second-order valence-corrected chi connectivity index (χ2v) is 7.14. The van der Waals surface area contributed by atoms with Gasteiger partial charge < -0.3 is 15.5 Å². The average Bonchev–Trinajstić information content (AvgIpc) is 2.94. The van der Waals surface area contributed by atoms with Gasteiger partial charge in [0, 0.05) is 55.3 Å². The number of pyridine rings is 1. The first-order valence-electron chi connectivity index (χ1n) is 7.74. The van der Waals surface area contributed by atoms with E-state index in [1.807, 2.05) is 18.6 Å². The number of anilines is 2. The fraction of sp³-hybridized carbons (Fsp3) is 0.500. The molecule has 0 bridgehead atoms. The number of hydrogen-bond donors (Lipinski definition) is 1. The lowest BCUT2D eigenvalue weighted by atomic mass is 9.96. The van der Waals surface area contributed by atoms with E-state index in [1.165, 1.54) is 23.4 Å². The summed E-state index contributed by atoms with van der Waals surface area (Å²) in [5.74, 6) is 0.772. The fourth-order valence-corrected chi connectivity index (χ4v) is 3.86. The molecule has 23 heavy (non-hydrogen) atoms. The average molecular weight is 354 g/mol. The molecule has 1 fully saturated rings. The summed E-state index contributed by atoms with van der Waals surface area (Å²) in [5.41, 5.74) is 6.98. The van der Waals surface area contributed by atoms with E-state index in [-0.39, 0.29) is 12.4 Å². The first-order valence-corrected chi connectivity index (χ1v) is 8.56.